The van der Waals surface area contributed by atoms with E-state index >= 15 is 0 Å². The summed E-state index contributed by atoms with van der Waals surface area (Å²) in [5.74, 6) is -0.837. The van der Waals surface area contributed by atoms with E-state index in [9.17, 15) is 9.59 Å². The molecule has 0 saturated heterocycles. The number of nitrogens with zero attached hydrogens (tertiary/aromatic N) is 2. The molecule has 2 aromatic rings. The maximum absolute atomic E-state index is 12.5. The van der Waals surface area contributed by atoms with Crippen LogP contribution in [0.25, 0.3) is 0 Å². The summed E-state index contributed by atoms with van der Waals surface area (Å²) in [6.45, 7) is 4.68. The molecule has 0 fully saturated rings. The lowest BCUT2D eigenvalue weighted by atomic mass is 10.0. The lowest BCUT2D eigenvalue weighted by molar-refractivity contribution is 0.1000. The number of nitrogens with one attached hydrogen (secondary N) is 1. The molecule has 3 N–H and O–H groups in total. The first-order chi connectivity index (χ1) is 12.0. The normalized spacial score (nSPS) is 13.8. The number of likely N-dealkylation sites (N-methyl/N-ethyl adjacent to an activating group) is 1. The van der Waals surface area contributed by atoms with Crippen LogP contribution in [0.5, 0.6) is 0 Å². The first-order valence-electron chi connectivity index (χ1n) is 8.01. The van der Waals surface area contributed by atoms with Crippen molar-refractivity contribution in [1.82, 2.24) is 4.90 Å². The molecule has 128 valence electrons. The second-order valence-electron chi connectivity index (χ2n) is 5.83. The zero-order valence-corrected chi connectivity index (χ0v) is 14.7. The Morgan fingerprint density at radius 3 is 2.68 bits per heavy atom. The van der Waals surface area contributed by atoms with Crippen LogP contribution < -0.4 is 11.1 Å². The molecule has 1 aliphatic rings. The quantitative estimate of drug-likeness (QED) is 0.880. The van der Waals surface area contributed by atoms with Gasteiger partial charge in [-0.2, -0.15) is 5.26 Å². The molecule has 3 rings (SSSR count). The van der Waals surface area contributed by atoms with Crippen molar-refractivity contribution in [2.24, 2.45) is 5.73 Å². The summed E-state index contributed by atoms with van der Waals surface area (Å²) in [5.41, 5.74) is 7.87. The standard InChI is InChI=1S/C18H18N4O2S/c1-2-22-8-7-13-14(10-22)25-18(15(13)16(20)23)21-17(24)12-5-3-11(9-19)4-6-12/h3-6H,2,7-8,10H2,1H3,(H2,20,23)(H,21,24). The highest BCUT2D eigenvalue weighted by Gasteiger charge is 2.27. The lowest BCUT2D eigenvalue weighted by Crippen LogP contribution is -2.30. The van der Waals surface area contributed by atoms with Gasteiger partial charge in [0.15, 0.2) is 0 Å². The smallest absolute Gasteiger partial charge is 0.256 e. The van der Waals surface area contributed by atoms with Crippen molar-refractivity contribution in [2.75, 3.05) is 18.4 Å². The Morgan fingerprint density at radius 2 is 2.08 bits per heavy atom. The molecule has 0 radical (unpaired) electrons. The van der Waals surface area contributed by atoms with Gasteiger partial charge in [-0.15, -0.1) is 11.3 Å². The van der Waals surface area contributed by atoms with E-state index in [0.717, 1.165) is 36.5 Å². The monoisotopic (exact) mass is 354 g/mol. The molecular formula is C18H18N4O2S. The van der Waals surface area contributed by atoms with Crippen LogP contribution in [0.3, 0.4) is 0 Å². The molecule has 1 aliphatic heterocycles. The minimum absolute atomic E-state index is 0.321. The van der Waals surface area contributed by atoms with Gasteiger partial charge in [0.1, 0.15) is 5.00 Å². The summed E-state index contributed by atoms with van der Waals surface area (Å²) < 4.78 is 0. The molecule has 0 unspecified atom stereocenters. The van der Waals surface area contributed by atoms with Crippen LogP contribution in [0.4, 0.5) is 5.00 Å². The van der Waals surface area contributed by atoms with Crippen LogP contribution in [0.15, 0.2) is 24.3 Å². The molecule has 2 heterocycles. The van der Waals surface area contributed by atoms with Crippen LogP contribution in [0.2, 0.25) is 0 Å². The Kier molecular flexibility index (Phi) is 4.83. The topological polar surface area (TPSA) is 99.2 Å². The summed E-state index contributed by atoms with van der Waals surface area (Å²) in [7, 11) is 0. The number of thiophene rings is 1. The average molecular weight is 354 g/mol. The Labute approximate surface area is 149 Å². The number of rotatable bonds is 4. The average Bonchev–Trinajstić information content (AvgIpc) is 2.98. The molecule has 6 nitrogen and oxygen atoms in total. The molecule has 0 atom stereocenters. The fraction of sp³-hybridized carbons (Fsp3) is 0.278. The van der Waals surface area contributed by atoms with Gasteiger partial charge in [-0.1, -0.05) is 6.92 Å². The van der Waals surface area contributed by atoms with E-state index in [1.54, 1.807) is 24.3 Å². The van der Waals surface area contributed by atoms with E-state index < -0.39 is 5.91 Å². The Balaban J connectivity index is 1.89. The van der Waals surface area contributed by atoms with Crippen molar-refractivity contribution in [1.29, 1.82) is 5.26 Å². The van der Waals surface area contributed by atoms with E-state index in [1.165, 1.54) is 11.3 Å². The summed E-state index contributed by atoms with van der Waals surface area (Å²) in [5, 5.41) is 12.1. The maximum atomic E-state index is 12.5. The molecule has 1 aromatic carbocycles. The Hall–Kier alpha value is -2.69. The highest BCUT2D eigenvalue weighted by atomic mass is 32.1. The molecule has 0 saturated carbocycles. The minimum atomic E-state index is -0.516. The molecule has 0 aliphatic carbocycles. The predicted octanol–water partition coefficient (Wildman–Crippen LogP) is 2.35. The number of hydrogen-bond donors (Lipinski definition) is 2. The van der Waals surface area contributed by atoms with Crippen LogP contribution in [-0.4, -0.2) is 29.8 Å². The van der Waals surface area contributed by atoms with E-state index in [1.807, 2.05) is 6.07 Å². The minimum Gasteiger partial charge on any atom is -0.365 e. The van der Waals surface area contributed by atoms with E-state index in [2.05, 4.69) is 17.1 Å². The summed E-state index contributed by atoms with van der Waals surface area (Å²) in [6, 6.07) is 8.36. The predicted molar refractivity (Wildman–Crippen MR) is 96.6 cm³/mol. The lowest BCUT2D eigenvalue weighted by Gasteiger charge is -2.25. The maximum Gasteiger partial charge on any atom is 0.256 e. The number of anilines is 1. The van der Waals surface area contributed by atoms with Gasteiger partial charge >= 0.3 is 0 Å². The van der Waals surface area contributed by atoms with E-state index in [-0.39, 0.29) is 5.91 Å². The molecule has 7 heteroatoms. The SMILES string of the molecule is CCN1CCc2c(sc(NC(=O)c3ccc(C#N)cc3)c2C(N)=O)C1. The number of carbonyl (C=O) groups excluding carboxylic acids is 2. The molecule has 1 aromatic heterocycles. The van der Waals surface area contributed by atoms with Crippen molar-refractivity contribution in [3.8, 4) is 6.07 Å². The van der Waals surface area contributed by atoms with Gasteiger partial charge in [0.05, 0.1) is 17.2 Å². The molecular weight excluding hydrogens is 336 g/mol. The zero-order chi connectivity index (χ0) is 18.0. The van der Waals surface area contributed by atoms with Crippen LogP contribution in [-0.2, 0) is 13.0 Å². The molecule has 0 bridgehead atoms. The van der Waals surface area contributed by atoms with Crippen molar-refractivity contribution in [3.05, 3.63) is 51.4 Å². The number of carbonyl (C=O) groups is 2. The van der Waals surface area contributed by atoms with Gasteiger partial charge < -0.3 is 11.1 Å². The fourth-order valence-corrected chi connectivity index (χ4v) is 4.24. The number of hydrogen-bond acceptors (Lipinski definition) is 5. The third-order valence-electron chi connectivity index (χ3n) is 4.33. The van der Waals surface area contributed by atoms with Crippen LogP contribution in [0.1, 0.15) is 43.6 Å². The molecule has 0 spiro atoms. The summed E-state index contributed by atoms with van der Waals surface area (Å²) in [6.07, 6.45) is 0.755. The van der Waals surface area contributed by atoms with Gasteiger partial charge in [-0.3, -0.25) is 14.5 Å². The van der Waals surface area contributed by atoms with Crippen molar-refractivity contribution < 1.29 is 9.59 Å². The fourth-order valence-electron chi connectivity index (χ4n) is 2.95. The first kappa shape index (κ1) is 17.1. The van der Waals surface area contributed by atoms with Gasteiger partial charge in [-0.05, 0) is 42.8 Å². The second-order valence-corrected chi connectivity index (χ2v) is 6.94. The number of fused-ring (bicyclic) bond motifs is 1. The molecule has 25 heavy (non-hydrogen) atoms. The Morgan fingerprint density at radius 1 is 1.36 bits per heavy atom. The Bertz CT molecular complexity index is 864. The number of benzene rings is 1. The zero-order valence-electron chi connectivity index (χ0n) is 13.8. The first-order valence-corrected chi connectivity index (χ1v) is 8.83. The number of amides is 2. The van der Waals surface area contributed by atoms with Crippen molar-refractivity contribution >= 4 is 28.2 Å². The largest absolute Gasteiger partial charge is 0.365 e. The highest BCUT2D eigenvalue weighted by Crippen LogP contribution is 2.37. The van der Waals surface area contributed by atoms with E-state index in [4.69, 9.17) is 11.0 Å². The van der Waals surface area contributed by atoms with Crippen molar-refractivity contribution in [2.45, 2.75) is 19.9 Å². The number of nitrogens with two attached hydrogens (primary N) is 1. The van der Waals surface area contributed by atoms with Crippen LogP contribution in [0, 0.1) is 11.3 Å². The second kappa shape index (κ2) is 7.05. The summed E-state index contributed by atoms with van der Waals surface area (Å²) >= 11 is 1.41. The number of primary amides is 1. The van der Waals surface area contributed by atoms with Gasteiger partial charge in [0.2, 0.25) is 0 Å². The van der Waals surface area contributed by atoms with Gasteiger partial charge in [0.25, 0.3) is 11.8 Å². The molecule has 2 amide bonds. The highest BCUT2D eigenvalue weighted by molar-refractivity contribution is 7.17. The van der Waals surface area contributed by atoms with Crippen molar-refractivity contribution in [3.63, 3.8) is 0 Å². The summed E-state index contributed by atoms with van der Waals surface area (Å²) in [4.78, 5) is 27.8. The third-order valence-corrected chi connectivity index (χ3v) is 5.47. The number of nitriles is 1. The van der Waals surface area contributed by atoms with Crippen LogP contribution >= 0.6 is 11.3 Å². The van der Waals surface area contributed by atoms with E-state index in [0.29, 0.717) is 21.7 Å². The van der Waals surface area contributed by atoms with Gasteiger partial charge in [0, 0.05) is 23.5 Å². The third kappa shape index (κ3) is 3.40. The van der Waals surface area contributed by atoms with Gasteiger partial charge in [-0.25, -0.2) is 0 Å².